The first-order valence-corrected chi connectivity index (χ1v) is 3.80. The number of hydrogen-bond acceptors (Lipinski definition) is 5. The molecular formula is C7H6N6O. The van der Waals surface area contributed by atoms with Crippen LogP contribution in [-0.4, -0.2) is 31.3 Å². The normalized spacial score (nSPS) is 9.71. The summed E-state index contributed by atoms with van der Waals surface area (Å²) in [6.45, 7) is 0. The number of nitrogens with zero attached hydrogens (tertiary/aromatic N) is 4. The number of amides is 1. The van der Waals surface area contributed by atoms with Gasteiger partial charge in [0.1, 0.15) is 0 Å². The molecule has 1 amide bonds. The van der Waals surface area contributed by atoms with E-state index >= 15 is 0 Å². The van der Waals surface area contributed by atoms with E-state index in [-0.39, 0.29) is 11.6 Å². The molecule has 0 saturated heterocycles. The highest BCUT2D eigenvalue weighted by Crippen LogP contribution is 1.97. The lowest BCUT2D eigenvalue weighted by Crippen LogP contribution is -2.14. The Morgan fingerprint density at radius 3 is 2.79 bits per heavy atom. The fourth-order valence-electron chi connectivity index (χ4n) is 0.840. The maximum atomic E-state index is 11.4. The third-order valence-electron chi connectivity index (χ3n) is 1.44. The van der Waals surface area contributed by atoms with Gasteiger partial charge in [-0.25, -0.2) is 9.97 Å². The largest absolute Gasteiger partial charge is 0.289 e. The van der Waals surface area contributed by atoms with Crippen molar-refractivity contribution in [2.24, 2.45) is 0 Å². The first-order valence-electron chi connectivity index (χ1n) is 3.80. The van der Waals surface area contributed by atoms with Crippen molar-refractivity contribution in [1.29, 1.82) is 0 Å². The minimum atomic E-state index is -0.398. The second kappa shape index (κ2) is 3.60. The molecule has 0 bridgehead atoms. The van der Waals surface area contributed by atoms with Gasteiger partial charge >= 0.3 is 0 Å². The topological polar surface area (TPSA) is 96.5 Å². The van der Waals surface area contributed by atoms with Crippen molar-refractivity contribution < 1.29 is 4.79 Å². The Balaban J connectivity index is 2.10. The fraction of sp³-hybridized carbons (Fsp3) is 0. The first-order chi connectivity index (χ1) is 6.86. The molecule has 0 spiro atoms. The summed E-state index contributed by atoms with van der Waals surface area (Å²) < 4.78 is 0. The van der Waals surface area contributed by atoms with E-state index in [1.54, 1.807) is 6.07 Å². The minimum absolute atomic E-state index is 0.192. The van der Waals surface area contributed by atoms with Crippen LogP contribution in [-0.2, 0) is 0 Å². The molecule has 7 nitrogen and oxygen atoms in total. The number of nitrogens with one attached hydrogen (secondary N) is 2. The molecule has 2 N–H and O–H groups in total. The standard InChI is InChI=1S/C7H6N6O/c14-6(5-4-10-13-12-5)11-7-8-2-1-3-9-7/h1-4H,(H,10,12,13)(H,8,9,11,14). The van der Waals surface area contributed by atoms with Gasteiger partial charge in [0, 0.05) is 12.4 Å². The van der Waals surface area contributed by atoms with Gasteiger partial charge in [-0.1, -0.05) is 0 Å². The summed E-state index contributed by atoms with van der Waals surface area (Å²) >= 11 is 0. The number of carbonyl (C=O) groups excluding carboxylic acids is 1. The highest BCUT2D eigenvalue weighted by atomic mass is 16.2. The molecule has 2 aromatic rings. The summed E-state index contributed by atoms with van der Waals surface area (Å²) in [7, 11) is 0. The maximum absolute atomic E-state index is 11.4. The Hall–Kier alpha value is -2.31. The van der Waals surface area contributed by atoms with Crippen LogP contribution in [0.25, 0.3) is 0 Å². The van der Waals surface area contributed by atoms with Crippen LogP contribution < -0.4 is 5.32 Å². The van der Waals surface area contributed by atoms with E-state index in [1.807, 2.05) is 0 Å². The molecule has 0 atom stereocenters. The van der Waals surface area contributed by atoms with Crippen LogP contribution >= 0.6 is 0 Å². The number of rotatable bonds is 2. The predicted octanol–water partition coefficient (Wildman–Crippen LogP) is -0.153. The van der Waals surface area contributed by atoms with Crippen LogP contribution in [0.2, 0.25) is 0 Å². The molecule has 0 saturated carbocycles. The average molecular weight is 190 g/mol. The van der Waals surface area contributed by atoms with E-state index in [1.165, 1.54) is 18.6 Å². The molecule has 0 aliphatic rings. The third kappa shape index (κ3) is 1.71. The van der Waals surface area contributed by atoms with Gasteiger partial charge in [0.15, 0.2) is 5.69 Å². The quantitative estimate of drug-likeness (QED) is 0.686. The zero-order chi connectivity index (χ0) is 9.80. The van der Waals surface area contributed by atoms with Gasteiger partial charge in [-0.05, 0) is 6.07 Å². The van der Waals surface area contributed by atoms with E-state index < -0.39 is 5.91 Å². The summed E-state index contributed by atoms with van der Waals surface area (Å²) in [6, 6.07) is 1.66. The number of aromatic nitrogens is 5. The summed E-state index contributed by atoms with van der Waals surface area (Å²) in [6.07, 6.45) is 4.38. The van der Waals surface area contributed by atoms with Crippen LogP contribution in [0.5, 0.6) is 0 Å². The molecule has 2 rings (SSSR count). The summed E-state index contributed by atoms with van der Waals surface area (Å²) in [5, 5.41) is 11.9. The first kappa shape index (κ1) is 8.30. The summed E-state index contributed by atoms with van der Waals surface area (Å²) in [4.78, 5) is 19.0. The Morgan fingerprint density at radius 1 is 1.36 bits per heavy atom. The van der Waals surface area contributed by atoms with Crippen molar-refractivity contribution in [2.75, 3.05) is 5.32 Å². The molecule has 0 aliphatic heterocycles. The molecule has 0 unspecified atom stereocenters. The van der Waals surface area contributed by atoms with Gasteiger partial charge in [0.2, 0.25) is 5.95 Å². The predicted molar refractivity (Wildman–Crippen MR) is 46.4 cm³/mol. The maximum Gasteiger partial charge on any atom is 0.280 e. The third-order valence-corrected chi connectivity index (χ3v) is 1.44. The smallest absolute Gasteiger partial charge is 0.280 e. The van der Waals surface area contributed by atoms with E-state index in [2.05, 4.69) is 30.7 Å². The second-order valence-corrected chi connectivity index (χ2v) is 2.38. The lowest BCUT2D eigenvalue weighted by atomic mass is 10.4. The molecule has 0 aliphatic carbocycles. The number of H-pyrrole nitrogens is 1. The molecule has 14 heavy (non-hydrogen) atoms. The van der Waals surface area contributed by atoms with E-state index in [0.717, 1.165) is 0 Å². The Bertz CT molecular complexity index is 411. The van der Waals surface area contributed by atoms with Crippen LogP contribution in [0.1, 0.15) is 10.5 Å². The zero-order valence-corrected chi connectivity index (χ0v) is 7.01. The molecule has 2 aromatic heterocycles. The average Bonchev–Trinajstić information content (AvgIpc) is 2.72. The Morgan fingerprint density at radius 2 is 2.14 bits per heavy atom. The van der Waals surface area contributed by atoms with Gasteiger partial charge in [-0.15, -0.1) is 0 Å². The zero-order valence-electron chi connectivity index (χ0n) is 7.01. The van der Waals surface area contributed by atoms with Crippen molar-refractivity contribution in [1.82, 2.24) is 25.4 Å². The SMILES string of the molecule is O=C(Nc1ncccn1)c1cn[nH]n1. The molecule has 0 aromatic carbocycles. The van der Waals surface area contributed by atoms with Crippen molar-refractivity contribution >= 4 is 11.9 Å². The molecule has 2 heterocycles. The van der Waals surface area contributed by atoms with Crippen LogP contribution in [0, 0.1) is 0 Å². The summed E-state index contributed by atoms with van der Waals surface area (Å²) in [5.41, 5.74) is 0.192. The highest BCUT2D eigenvalue weighted by molar-refractivity contribution is 6.01. The van der Waals surface area contributed by atoms with Crippen LogP contribution in [0.3, 0.4) is 0 Å². The molecule has 0 radical (unpaired) electrons. The Labute approximate surface area is 78.6 Å². The van der Waals surface area contributed by atoms with E-state index in [9.17, 15) is 4.79 Å². The van der Waals surface area contributed by atoms with Gasteiger partial charge in [-0.2, -0.15) is 15.4 Å². The van der Waals surface area contributed by atoms with Crippen molar-refractivity contribution in [3.8, 4) is 0 Å². The second-order valence-electron chi connectivity index (χ2n) is 2.38. The molecule has 7 heteroatoms. The van der Waals surface area contributed by atoms with Gasteiger partial charge in [0.05, 0.1) is 6.20 Å². The lowest BCUT2D eigenvalue weighted by Gasteiger charge is -1.98. The molecule has 70 valence electrons. The Kier molecular flexibility index (Phi) is 2.14. The van der Waals surface area contributed by atoms with Crippen molar-refractivity contribution in [3.63, 3.8) is 0 Å². The van der Waals surface area contributed by atoms with Crippen LogP contribution in [0.4, 0.5) is 5.95 Å². The van der Waals surface area contributed by atoms with E-state index in [4.69, 9.17) is 0 Å². The minimum Gasteiger partial charge on any atom is -0.289 e. The van der Waals surface area contributed by atoms with Crippen molar-refractivity contribution in [3.05, 3.63) is 30.4 Å². The highest BCUT2D eigenvalue weighted by Gasteiger charge is 2.09. The van der Waals surface area contributed by atoms with E-state index in [0.29, 0.717) is 0 Å². The lowest BCUT2D eigenvalue weighted by molar-refractivity contribution is 0.102. The summed E-state index contributed by atoms with van der Waals surface area (Å²) in [5.74, 6) is -0.162. The number of carbonyl (C=O) groups is 1. The number of hydrogen-bond donors (Lipinski definition) is 2. The monoisotopic (exact) mass is 190 g/mol. The van der Waals surface area contributed by atoms with Gasteiger partial charge in [0.25, 0.3) is 5.91 Å². The fourth-order valence-corrected chi connectivity index (χ4v) is 0.840. The van der Waals surface area contributed by atoms with Gasteiger partial charge < -0.3 is 0 Å². The van der Waals surface area contributed by atoms with Gasteiger partial charge in [-0.3, -0.25) is 10.1 Å². The number of aromatic amines is 1. The van der Waals surface area contributed by atoms with Crippen molar-refractivity contribution in [2.45, 2.75) is 0 Å². The van der Waals surface area contributed by atoms with Crippen LogP contribution in [0.15, 0.2) is 24.7 Å². The molecular weight excluding hydrogens is 184 g/mol. The number of anilines is 1. The molecule has 0 fully saturated rings.